The fourth-order valence-electron chi connectivity index (χ4n) is 2.04. The number of aromatic nitrogens is 3. The zero-order valence-electron chi connectivity index (χ0n) is 8.31. The average Bonchev–Trinajstić information content (AvgIpc) is 2.60. The molecule has 1 fully saturated rings. The second-order valence-electron chi connectivity index (χ2n) is 3.77. The molecule has 78 valence electrons. The molecule has 2 heterocycles. The van der Waals surface area contributed by atoms with Crippen molar-refractivity contribution in [3.05, 3.63) is 10.3 Å². The lowest BCUT2D eigenvalue weighted by atomic mass is 10.1. The van der Waals surface area contributed by atoms with Gasteiger partial charge in [0, 0.05) is 19.6 Å². The summed E-state index contributed by atoms with van der Waals surface area (Å²) in [7, 11) is 3.98. The van der Waals surface area contributed by atoms with Crippen molar-refractivity contribution in [2.75, 3.05) is 13.6 Å². The highest BCUT2D eigenvalue weighted by atomic mass is 79.9. The summed E-state index contributed by atoms with van der Waals surface area (Å²) in [5, 5.41) is 7.94. The molecular weight excluding hydrogens is 246 g/mol. The summed E-state index contributed by atoms with van der Waals surface area (Å²) in [6.45, 7) is 1.03. The Kier molecular flexibility index (Phi) is 2.59. The third kappa shape index (κ3) is 1.47. The van der Waals surface area contributed by atoms with Gasteiger partial charge in [0.1, 0.15) is 0 Å². The first-order chi connectivity index (χ1) is 6.61. The zero-order valence-corrected chi connectivity index (χ0v) is 9.90. The van der Waals surface area contributed by atoms with Crippen LogP contribution < -0.4 is 5.73 Å². The Balaban J connectivity index is 2.38. The third-order valence-electron chi connectivity index (χ3n) is 2.80. The minimum absolute atomic E-state index is 0.175. The molecule has 0 aliphatic carbocycles. The monoisotopic (exact) mass is 259 g/mol. The molecular formula is C8H14BrN5. The van der Waals surface area contributed by atoms with Crippen LogP contribution in [0.5, 0.6) is 0 Å². The van der Waals surface area contributed by atoms with Gasteiger partial charge in [-0.05, 0) is 29.4 Å². The zero-order chi connectivity index (χ0) is 10.3. The van der Waals surface area contributed by atoms with Crippen LogP contribution in [0, 0.1) is 0 Å². The Morgan fingerprint density at radius 3 is 2.64 bits per heavy atom. The molecule has 1 aromatic rings. The number of likely N-dealkylation sites (tertiary alicyclic amines) is 1. The first-order valence-electron chi connectivity index (χ1n) is 4.62. The third-order valence-corrected chi connectivity index (χ3v) is 3.37. The molecule has 6 heteroatoms. The van der Waals surface area contributed by atoms with Crippen LogP contribution in [-0.4, -0.2) is 39.5 Å². The fourth-order valence-corrected chi connectivity index (χ4v) is 2.60. The molecule has 0 spiro atoms. The van der Waals surface area contributed by atoms with E-state index in [0.717, 1.165) is 23.3 Å². The lowest BCUT2D eigenvalue weighted by molar-refractivity contribution is 0.290. The Hall–Kier alpha value is -0.460. The predicted octanol–water partition coefficient (Wildman–Crippen LogP) is 0.281. The van der Waals surface area contributed by atoms with Crippen molar-refractivity contribution in [1.82, 2.24) is 19.9 Å². The van der Waals surface area contributed by atoms with Crippen LogP contribution in [0.25, 0.3) is 0 Å². The van der Waals surface area contributed by atoms with Crippen LogP contribution in [0.1, 0.15) is 18.2 Å². The first kappa shape index (κ1) is 10.1. The molecule has 5 nitrogen and oxygen atoms in total. The number of hydrogen-bond donors (Lipinski definition) is 1. The van der Waals surface area contributed by atoms with E-state index in [1.54, 1.807) is 4.68 Å². The van der Waals surface area contributed by atoms with Gasteiger partial charge in [0.05, 0.1) is 11.7 Å². The molecule has 0 radical (unpaired) electrons. The van der Waals surface area contributed by atoms with E-state index in [2.05, 4.69) is 38.2 Å². The maximum Gasteiger partial charge on any atom is 0.153 e. The molecule has 0 bridgehead atoms. The summed E-state index contributed by atoms with van der Waals surface area (Å²) < 4.78 is 2.59. The quantitative estimate of drug-likeness (QED) is 0.788. The lowest BCUT2D eigenvalue weighted by Gasteiger charge is -2.22. The van der Waals surface area contributed by atoms with Gasteiger partial charge in [-0.25, -0.2) is 4.68 Å². The molecule has 14 heavy (non-hydrogen) atoms. The molecule has 1 aromatic heterocycles. The summed E-state index contributed by atoms with van der Waals surface area (Å²) >= 11 is 3.41. The van der Waals surface area contributed by atoms with E-state index in [-0.39, 0.29) is 12.1 Å². The summed E-state index contributed by atoms with van der Waals surface area (Å²) in [5.41, 5.74) is 7.13. The Morgan fingerprint density at radius 1 is 1.50 bits per heavy atom. The van der Waals surface area contributed by atoms with Gasteiger partial charge in [-0.1, -0.05) is 5.21 Å². The SMILES string of the molecule is CN1CCC(N)C1c1c(Br)nnn1C. The molecule has 2 unspecified atom stereocenters. The van der Waals surface area contributed by atoms with Gasteiger partial charge in [-0.15, -0.1) is 5.10 Å². The van der Waals surface area contributed by atoms with E-state index in [1.165, 1.54) is 0 Å². The van der Waals surface area contributed by atoms with E-state index >= 15 is 0 Å². The van der Waals surface area contributed by atoms with Crippen LogP contribution in [0.3, 0.4) is 0 Å². The van der Waals surface area contributed by atoms with E-state index in [1.807, 2.05) is 7.05 Å². The van der Waals surface area contributed by atoms with Crippen LogP contribution in [0.2, 0.25) is 0 Å². The fraction of sp³-hybridized carbons (Fsp3) is 0.750. The highest BCUT2D eigenvalue weighted by molar-refractivity contribution is 9.10. The van der Waals surface area contributed by atoms with Crippen molar-refractivity contribution >= 4 is 15.9 Å². The second-order valence-corrected chi connectivity index (χ2v) is 4.52. The summed E-state index contributed by atoms with van der Waals surface area (Å²) in [6, 6.07) is 0.401. The number of nitrogens with zero attached hydrogens (tertiary/aromatic N) is 4. The summed E-state index contributed by atoms with van der Waals surface area (Å²) in [6.07, 6.45) is 1.03. The van der Waals surface area contributed by atoms with Gasteiger partial charge in [0.25, 0.3) is 0 Å². The van der Waals surface area contributed by atoms with Crippen molar-refractivity contribution in [3.8, 4) is 0 Å². The Labute approximate surface area is 91.4 Å². The number of aryl methyl sites for hydroxylation is 1. The van der Waals surface area contributed by atoms with Crippen molar-refractivity contribution < 1.29 is 0 Å². The number of nitrogens with two attached hydrogens (primary N) is 1. The normalized spacial score (nSPS) is 28.6. The molecule has 2 atom stereocenters. The Morgan fingerprint density at radius 2 is 2.21 bits per heavy atom. The molecule has 0 saturated carbocycles. The van der Waals surface area contributed by atoms with E-state index < -0.39 is 0 Å². The van der Waals surface area contributed by atoms with E-state index in [0.29, 0.717) is 0 Å². The Bertz CT molecular complexity index is 307. The first-order valence-corrected chi connectivity index (χ1v) is 5.41. The smallest absolute Gasteiger partial charge is 0.153 e. The molecule has 1 aliphatic rings. The van der Waals surface area contributed by atoms with Crippen molar-refractivity contribution in [1.29, 1.82) is 0 Å². The molecule has 1 saturated heterocycles. The van der Waals surface area contributed by atoms with Gasteiger partial charge >= 0.3 is 0 Å². The van der Waals surface area contributed by atoms with Crippen LogP contribution in [-0.2, 0) is 7.05 Å². The molecule has 2 rings (SSSR count). The molecule has 0 aromatic carbocycles. The minimum Gasteiger partial charge on any atom is -0.326 e. The highest BCUT2D eigenvalue weighted by Gasteiger charge is 2.34. The highest BCUT2D eigenvalue weighted by Crippen LogP contribution is 2.32. The van der Waals surface area contributed by atoms with Gasteiger partial charge in [0.2, 0.25) is 0 Å². The van der Waals surface area contributed by atoms with Gasteiger partial charge in [-0.2, -0.15) is 0 Å². The van der Waals surface area contributed by atoms with Gasteiger partial charge in [0.15, 0.2) is 4.60 Å². The minimum atomic E-state index is 0.175. The van der Waals surface area contributed by atoms with Crippen molar-refractivity contribution in [2.45, 2.75) is 18.5 Å². The number of likely N-dealkylation sites (N-methyl/N-ethyl adjacent to an activating group) is 1. The van der Waals surface area contributed by atoms with Gasteiger partial charge in [-0.3, -0.25) is 4.90 Å². The lowest BCUT2D eigenvalue weighted by Crippen LogP contribution is -2.31. The van der Waals surface area contributed by atoms with Crippen LogP contribution in [0.15, 0.2) is 4.60 Å². The maximum atomic E-state index is 6.07. The molecule has 0 amide bonds. The average molecular weight is 260 g/mol. The second kappa shape index (κ2) is 3.60. The van der Waals surface area contributed by atoms with Crippen LogP contribution in [0.4, 0.5) is 0 Å². The standard InChI is InChI=1S/C8H14BrN5/c1-13-4-3-5(10)6(13)7-8(9)11-12-14(7)2/h5-6H,3-4,10H2,1-2H3. The maximum absolute atomic E-state index is 6.07. The summed E-state index contributed by atoms with van der Waals surface area (Å²) in [5.74, 6) is 0. The number of halogens is 1. The molecule has 2 N–H and O–H groups in total. The van der Waals surface area contributed by atoms with Crippen LogP contribution >= 0.6 is 15.9 Å². The topological polar surface area (TPSA) is 60.0 Å². The summed E-state index contributed by atoms with van der Waals surface area (Å²) in [4.78, 5) is 2.24. The van der Waals surface area contributed by atoms with Gasteiger partial charge < -0.3 is 5.73 Å². The molecule has 1 aliphatic heterocycles. The predicted molar refractivity (Wildman–Crippen MR) is 56.7 cm³/mol. The van der Waals surface area contributed by atoms with Crippen molar-refractivity contribution in [3.63, 3.8) is 0 Å². The van der Waals surface area contributed by atoms with E-state index in [4.69, 9.17) is 5.73 Å². The van der Waals surface area contributed by atoms with Crippen molar-refractivity contribution in [2.24, 2.45) is 12.8 Å². The van der Waals surface area contributed by atoms with E-state index in [9.17, 15) is 0 Å². The largest absolute Gasteiger partial charge is 0.326 e. The number of rotatable bonds is 1. The number of hydrogen-bond acceptors (Lipinski definition) is 4.